The first kappa shape index (κ1) is 19.3. The molecule has 1 aliphatic rings. The lowest BCUT2D eigenvalue weighted by Crippen LogP contribution is -2.39. The SMILES string of the molecule is O=C(NCCc1ccccc1F)c1ccc(NCCN2CCOCC2)nc1. The molecule has 0 atom stereocenters. The number of ether oxygens (including phenoxy) is 1. The monoisotopic (exact) mass is 372 g/mol. The van der Waals surface area contributed by atoms with E-state index in [9.17, 15) is 9.18 Å². The Morgan fingerprint density at radius 2 is 1.96 bits per heavy atom. The van der Waals surface area contributed by atoms with Gasteiger partial charge in [0.25, 0.3) is 5.91 Å². The van der Waals surface area contributed by atoms with Crippen molar-refractivity contribution in [3.63, 3.8) is 0 Å². The average Bonchev–Trinajstić information content (AvgIpc) is 2.71. The summed E-state index contributed by atoms with van der Waals surface area (Å²) in [5.41, 5.74) is 1.08. The van der Waals surface area contributed by atoms with Crippen molar-refractivity contribution in [2.24, 2.45) is 0 Å². The number of rotatable bonds is 8. The minimum absolute atomic E-state index is 0.210. The molecule has 6 nitrogen and oxygen atoms in total. The van der Waals surface area contributed by atoms with Gasteiger partial charge in [0.2, 0.25) is 0 Å². The van der Waals surface area contributed by atoms with Crippen molar-refractivity contribution in [3.05, 3.63) is 59.5 Å². The van der Waals surface area contributed by atoms with E-state index in [-0.39, 0.29) is 11.7 Å². The van der Waals surface area contributed by atoms with Crippen molar-refractivity contribution in [3.8, 4) is 0 Å². The van der Waals surface area contributed by atoms with Crippen LogP contribution in [0.15, 0.2) is 42.6 Å². The molecule has 2 aromatic rings. The summed E-state index contributed by atoms with van der Waals surface area (Å²) in [4.78, 5) is 18.8. The Hall–Kier alpha value is -2.51. The van der Waals surface area contributed by atoms with E-state index in [1.165, 1.54) is 6.07 Å². The number of hydrogen-bond acceptors (Lipinski definition) is 5. The summed E-state index contributed by atoms with van der Waals surface area (Å²) in [5, 5.41) is 6.06. The molecule has 1 aromatic carbocycles. The molecule has 0 saturated carbocycles. The molecule has 1 aromatic heterocycles. The molecule has 0 aliphatic carbocycles. The Bertz CT molecular complexity index is 733. The van der Waals surface area contributed by atoms with Crippen LogP contribution in [0.4, 0.5) is 10.2 Å². The molecule has 0 radical (unpaired) electrons. The predicted molar refractivity (Wildman–Crippen MR) is 102 cm³/mol. The lowest BCUT2D eigenvalue weighted by atomic mass is 10.1. The van der Waals surface area contributed by atoms with Crippen molar-refractivity contribution in [2.75, 3.05) is 51.3 Å². The first-order chi connectivity index (χ1) is 13.2. The number of amides is 1. The quantitative estimate of drug-likeness (QED) is 0.741. The number of aromatic nitrogens is 1. The molecule has 0 spiro atoms. The third-order valence-electron chi connectivity index (χ3n) is 4.50. The van der Waals surface area contributed by atoms with Gasteiger partial charge in [0, 0.05) is 38.9 Å². The van der Waals surface area contributed by atoms with Crippen LogP contribution >= 0.6 is 0 Å². The number of benzene rings is 1. The third kappa shape index (κ3) is 6.01. The minimum Gasteiger partial charge on any atom is -0.379 e. The maximum Gasteiger partial charge on any atom is 0.252 e. The summed E-state index contributed by atoms with van der Waals surface area (Å²) < 4.78 is 18.9. The first-order valence-electron chi connectivity index (χ1n) is 9.24. The van der Waals surface area contributed by atoms with Gasteiger partial charge in [0.05, 0.1) is 18.8 Å². The number of halogens is 1. The van der Waals surface area contributed by atoms with E-state index in [0.29, 0.717) is 24.1 Å². The van der Waals surface area contributed by atoms with E-state index in [1.807, 2.05) is 0 Å². The summed E-state index contributed by atoms with van der Waals surface area (Å²) >= 11 is 0. The van der Waals surface area contributed by atoms with Crippen LogP contribution < -0.4 is 10.6 Å². The maximum atomic E-state index is 13.6. The number of nitrogens with zero attached hydrogens (tertiary/aromatic N) is 2. The van der Waals surface area contributed by atoms with Gasteiger partial charge < -0.3 is 15.4 Å². The van der Waals surface area contributed by atoms with Crippen LogP contribution in [0, 0.1) is 5.82 Å². The predicted octanol–water partition coefficient (Wildman–Crippen LogP) is 1.94. The van der Waals surface area contributed by atoms with Gasteiger partial charge in [-0.25, -0.2) is 9.37 Å². The molecule has 144 valence electrons. The topological polar surface area (TPSA) is 66.5 Å². The fourth-order valence-electron chi connectivity index (χ4n) is 2.91. The summed E-state index contributed by atoms with van der Waals surface area (Å²) in [6.07, 6.45) is 2.00. The highest BCUT2D eigenvalue weighted by Crippen LogP contribution is 2.08. The highest BCUT2D eigenvalue weighted by atomic mass is 19.1. The Kier molecular flexibility index (Phi) is 7.12. The smallest absolute Gasteiger partial charge is 0.252 e. The van der Waals surface area contributed by atoms with Crippen molar-refractivity contribution in [1.29, 1.82) is 0 Å². The molecule has 0 bridgehead atoms. The van der Waals surface area contributed by atoms with Gasteiger partial charge >= 0.3 is 0 Å². The summed E-state index contributed by atoms with van der Waals surface area (Å²) in [5.74, 6) is 0.283. The molecule has 2 N–H and O–H groups in total. The van der Waals surface area contributed by atoms with E-state index >= 15 is 0 Å². The Labute approximate surface area is 158 Å². The number of morpholine rings is 1. The van der Waals surface area contributed by atoms with Crippen LogP contribution in [0.5, 0.6) is 0 Å². The second kappa shape index (κ2) is 9.99. The van der Waals surface area contributed by atoms with Crippen molar-refractivity contribution in [1.82, 2.24) is 15.2 Å². The second-order valence-electron chi connectivity index (χ2n) is 6.41. The molecule has 27 heavy (non-hydrogen) atoms. The molecule has 7 heteroatoms. The molecule has 1 aliphatic heterocycles. The van der Waals surface area contributed by atoms with Crippen LogP contribution in [0.3, 0.4) is 0 Å². The van der Waals surface area contributed by atoms with E-state index < -0.39 is 0 Å². The number of carbonyl (C=O) groups is 1. The number of pyridine rings is 1. The van der Waals surface area contributed by atoms with Crippen LogP contribution in [0.1, 0.15) is 15.9 Å². The zero-order valence-corrected chi connectivity index (χ0v) is 15.3. The normalized spacial score (nSPS) is 14.7. The number of carbonyl (C=O) groups excluding carboxylic acids is 1. The van der Waals surface area contributed by atoms with Crippen LogP contribution in [-0.2, 0) is 11.2 Å². The fraction of sp³-hybridized carbons (Fsp3) is 0.400. The van der Waals surface area contributed by atoms with E-state index in [1.54, 1.807) is 36.5 Å². The van der Waals surface area contributed by atoms with Gasteiger partial charge in [-0.1, -0.05) is 18.2 Å². The summed E-state index contributed by atoms with van der Waals surface area (Å²) in [6.45, 7) is 5.60. The zero-order valence-electron chi connectivity index (χ0n) is 15.3. The Morgan fingerprint density at radius 1 is 1.15 bits per heavy atom. The van der Waals surface area contributed by atoms with E-state index in [2.05, 4.69) is 20.5 Å². The highest BCUT2D eigenvalue weighted by molar-refractivity contribution is 5.94. The van der Waals surface area contributed by atoms with Crippen molar-refractivity contribution in [2.45, 2.75) is 6.42 Å². The summed E-state index contributed by atoms with van der Waals surface area (Å²) in [6, 6.07) is 10.1. The maximum absolute atomic E-state index is 13.6. The van der Waals surface area contributed by atoms with Crippen LogP contribution in [-0.4, -0.2) is 61.7 Å². The van der Waals surface area contributed by atoms with Gasteiger partial charge in [0.1, 0.15) is 11.6 Å². The molecule has 0 unspecified atom stereocenters. The zero-order chi connectivity index (χ0) is 18.9. The largest absolute Gasteiger partial charge is 0.379 e. The van der Waals surface area contributed by atoms with Crippen molar-refractivity contribution < 1.29 is 13.9 Å². The highest BCUT2D eigenvalue weighted by Gasteiger charge is 2.10. The number of anilines is 1. The van der Waals surface area contributed by atoms with Gasteiger partial charge in [-0.05, 0) is 30.2 Å². The Balaban J connectivity index is 1.39. The average molecular weight is 372 g/mol. The number of hydrogen-bond donors (Lipinski definition) is 2. The van der Waals surface area contributed by atoms with Gasteiger partial charge in [-0.2, -0.15) is 0 Å². The third-order valence-corrected chi connectivity index (χ3v) is 4.50. The molecule has 1 amide bonds. The van der Waals surface area contributed by atoms with Gasteiger partial charge in [0.15, 0.2) is 0 Å². The molecule has 1 saturated heterocycles. The molecular weight excluding hydrogens is 347 g/mol. The molecular formula is C20H25FN4O2. The molecule has 3 rings (SSSR count). The van der Waals surface area contributed by atoms with Crippen LogP contribution in [0.25, 0.3) is 0 Å². The molecule has 1 fully saturated rings. The first-order valence-corrected chi connectivity index (χ1v) is 9.24. The van der Waals surface area contributed by atoms with E-state index in [0.717, 1.165) is 45.2 Å². The number of nitrogens with one attached hydrogen (secondary N) is 2. The minimum atomic E-state index is -0.249. The Morgan fingerprint density at radius 3 is 2.70 bits per heavy atom. The standard InChI is InChI=1S/C20H25FN4O2/c21-18-4-2-1-3-16(18)7-8-23-20(26)17-5-6-19(24-15-17)22-9-10-25-11-13-27-14-12-25/h1-6,15H,7-14H2,(H,22,24)(H,23,26). The second-order valence-corrected chi connectivity index (χ2v) is 6.41. The van der Waals surface area contributed by atoms with Crippen molar-refractivity contribution >= 4 is 11.7 Å². The molecule has 2 heterocycles. The lowest BCUT2D eigenvalue weighted by Gasteiger charge is -2.26. The lowest BCUT2D eigenvalue weighted by molar-refractivity contribution is 0.0398. The van der Waals surface area contributed by atoms with Crippen LogP contribution in [0.2, 0.25) is 0 Å². The van der Waals surface area contributed by atoms with Gasteiger partial charge in [-0.15, -0.1) is 0 Å². The van der Waals surface area contributed by atoms with Gasteiger partial charge in [-0.3, -0.25) is 9.69 Å². The van der Waals surface area contributed by atoms with E-state index in [4.69, 9.17) is 4.74 Å². The fourth-order valence-corrected chi connectivity index (χ4v) is 2.91. The summed E-state index contributed by atoms with van der Waals surface area (Å²) in [7, 11) is 0.